The Morgan fingerprint density at radius 2 is 1.47 bits per heavy atom. The number of ether oxygens (including phenoxy) is 3. The van der Waals surface area contributed by atoms with Crippen LogP contribution in [0.25, 0.3) is 0 Å². The van der Waals surface area contributed by atoms with E-state index in [0.717, 1.165) is 19.4 Å². The fraction of sp³-hybridized carbons (Fsp3) is 1.00. The maximum Gasteiger partial charge on any atom is 0.0704 e. The Labute approximate surface area is 94.1 Å². The van der Waals surface area contributed by atoms with E-state index in [1.807, 2.05) is 0 Å². The SMILES string of the molecule is CCCCOCCOCCOC(C)CC. The van der Waals surface area contributed by atoms with Crippen molar-refractivity contribution in [3.8, 4) is 0 Å². The standard InChI is InChI=1S/C12H26O3/c1-4-6-7-13-8-9-14-10-11-15-12(3)5-2/h12H,4-11H2,1-3H3. The first-order chi connectivity index (χ1) is 7.31. The molecule has 0 amide bonds. The minimum absolute atomic E-state index is 0.342. The smallest absolute Gasteiger partial charge is 0.0704 e. The first kappa shape index (κ1) is 14.9. The quantitative estimate of drug-likeness (QED) is 0.499. The molecule has 0 N–H and O–H groups in total. The van der Waals surface area contributed by atoms with Crippen LogP contribution < -0.4 is 0 Å². The molecule has 0 bridgehead atoms. The van der Waals surface area contributed by atoms with Gasteiger partial charge >= 0.3 is 0 Å². The average Bonchev–Trinajstić information content (AvgIpc) is 2.26. The largest absolute Gasteiger partial charge is 0.379 e. The van der Waals surface area contributed by atoms with Gasteiger partial charge in [-0.25, -0.2) is 0 Å². The Morgan fingerprint density at radius 1 is 0.867 bits per heavy atom. The van der Waals surface area contributed by atoms with Gasteiger partial charge < -0.3 is 14.2 Å². The lowest BCUT2D eigenvalue weighted by Gasteiger charge is -2.10. The Hall–Kier alpha value is -0.120. The van der Waals surface area contributed by atoms with E-state index in [9.17, 15) is 0 Å². The average molecular weight is 218 g/mol. The number of hydrogen-bond acceptors (Lipinski definition) is 3. The van der Waals surface area contributed by atoms with E-state index in [-0.39, 0.29) is 0 Å². The molecule has 0 aromatic carbocycles. The molecule has 92 valence electrons. The van der Waals surface area contributed by atoms with Gasteiger partial charge in [0.15, 0.2) is 0 Å². The molecule has 0 aromatic heterocycles. The van der Waals surface area contributed by atoms with Crippen LogP contribution in [0.3, 0.4) is 0 Å². The summed E-state index contributed by atoms with van der Waals surface area (Å²) in [5, 5.41) is 0. The van der Waals surface area contributed by atoms with Crippen LogP contribution >= 0.6 is 0 Å². The maximum absolute atomic E-state index is 5.47. The maximum atomic E-state index is 5.47. The van der Waals surface area contributed by atoms with Crippen LogP contribution in [-0.4, -0.2) is 39.1 Å². The van der Waals surface area contributed by atoms with Crippen LogP contribution in [0.15, 0.2) is 0 Å². The Bertz CT molecular complexity index is 117. The topological polar surface area (TPSA) is 27.7 Å². The molecule has 0 rings (SSSR count). The minimum atomic E-state index is 0.342. The molecule has 0 aliphatic carbocycles. The molecule has 0 spiro atoms. The molecule has 3 nitrogen and oxygen atoms in total. The van der Waals surface area contributed by atoms with Gasteiger partial charge in [0.1, 0.15) is 0 Å². The van der Waals surface area contributed by atoms with E-state index in [1.54, 1.807) is 0 Å². The van der Waals surface area contributed by atoms with Crippen molar-refractivity contribution in [1.82, 2.24) is 0 Å². The van der Waals surface area contributed by atoms with Gasteiger partial charge in [-0.3, -0.25) is 0 Å². The van der Waals surface area contributed by atoms with Crippen LogP contribution in [0.4, 0.5) is 0 Å². The summed E-state index contributed by atoms with van der Waals surface area (Å²) in [6, 6.07) is 0. The molecule has 0 radical (unpaired) electrons. The van der Waals surface area contributed by atoms with Crippen molar-refractivity contribution < 1.29 is 14.2 Å². The Kier molecular flexibility index (Phi) is 11.9. The summed E-state index contributed by atoms with van der Waals surface area (Å²) in [7, 11) is 0. The molecule has 0 aliphatic heterocycles. The molecule has 0 aliphatic rings. The van der Waals surface area contributed by atoms with Crippen molar-refractivity contribution in [2.45, 2.75) is 46.1 Å². The van der Waals surface area contributed by atoms with Gasteiger partial charge in [0.05, 0.1) is 32.5 Å². The highest BCUT2D eigenvalue weighted by Gasteiger charge is 1.97. The van der Waals surface area contributed by atoms with Crippen molar-refractivity contribution in [1.29, 1.82) is 0 Å². The van der Waals surface area contributed by atoms with Crippen LogP contribution in [0.2, 0.25) is 0 Å². The second-order valence-corrected chi connectivity index (χ2v) is 3.67. The first-order valence-corrected chi connectivity index (χ1v) is 6.08. The van der Waals surface area contributed by atoms with Crippen molar-refractivity contribution in [3.05, 3.63) is 0 Å². The number of rotatable bonds is 11. The zero-order valence-corrected chi connectivity index (χ0v) is 10.5. The van der Waals surface area contributed by atoms with Crippen molar-refractivity contribution in [3.63, 3.8) is 0 Å². The molecule has 3 heteroatoms. The van der Waals surface area contributed by atoms with Gasteiger partial charge in [-0.2, -0.15) is 0 Å². The third-order valence-electron chi connectivity index (χ3n) is 2.22. The molecular formula is C12H26O3. The highest BCUT2D eigenvalue weighted by Crippen LogP contribution is 1.94. The highest BCUT2D eigenvalue weighted by atomic mass is 16.5. The minimum Gasteiger partial charge on any atom is -0.379 e. The van der Waals surface area contributed by atoms with Gasteiger partial charge in [0.25, 0.3) is 0 Å². The second-order valence-electron chi connectivity index (χ2n) is 3.67. The summed E-state index contributed by atoms with van der Waals surface area (Å²) in [5.41, 5.74) is 0. The first-order valence-electron chi connectivity index (χ1n) is 6.08. The van der Waals surface area contributed by atoms with Crippen molar-refractivity contribution >= 4 is 0 Å². The van der Waals surface area contributed by atoms with Crippen LogP contribution in [0.1, 0.15) is 40.0 Å². The molecule has 0 fully saturated rings. The zero-order valence-electron chi connectivity index (χ0n) is 10.5. The number of hydrogen-bond donors (Lipinski definition) is 0. The van der Waals surface area contributed by atoms with E-state index in [0.29, 0.717) is 32.5 Å². The molecule has 15 heavy (non-hydrogen) atoms. The molecule has 0 aromatic rings. The summed E-state index contributed by atoms with van der Waals surface area (Å²) in [4.78, 5) is 0. The highest BCUT2D eigenvalue weighted by molar-refractivity contribution is 4.43. The Balaban J connectivity index is 2.92. The summed E-state index contributed by atoms with van der Waals surface area (Å²) in [6.07, 6.45) is 3.72. The van der Waals surface area contributed by atoms with Crippen LogP contribution in [0.5, 0.6) is 0 Å². The van der Waals surface area contributed by atoms with E-state index >= 15 is 0 Å². The Morgan fingerprint density at radius 3 is 2.07 bits per heavy atom. The summed E-state index contributed by atoms with van der Waals surface area (Å²) >= 11 is 0. The van der Waals surface area contributed by atoms with Crippen LogP contribution in [-0.2, 0) is 14.2 Å². The molecule has 1 atom stereocenters. The normalized spacial score (nSPS) is 13.0. The van der Waals surface area contributed by atoms with Crippen molar-refractivity contribution in [2.24, 2.45) is 0 Å². The lowest BCUT2D eigenvalue weighted by molar-refractivity contribution is -0.00711. The van der Waals surface area contributed by atoms with Gasteiger partial charge in [-0.1, -0.05) is 20.3 Å². The van der Waals surface area contributed by atoms with Gasteiger partial charge in [-0.15, -0.1) is 0 Å². The molecule has 0 saturated heterocycles. The third-order valence-corrected chi connectivity index (χ3v) is 2.22. The van der Waals surface area contributed by atoms with Crippen molar-refractivity contribution in [2.75, 3.05) is 33.0 Å². The third kappa shape index (κ3) is 11.8. The van der Waals surface area contributed by atoms with Gasteiger partial charge in [0.2, 0.25) is 0 Å². The van der Waals surface area contributed by atoms with Gasteiger partial charge in [0, 0.05) is 6.61 Å². The second kappa shape index (κ2) is 12.0. The lowest BCUT2D eigenvalue weighted by Crippen LogP contribution is -2.13. The van der Waals surface area contributed by atoms with E-state index in [1.165, 1.54) is 6.42 Å². The summed E-state index contributed by atoms with van der Waals surface area (Å²) in [5.74, 6) is 0. The zero-order chi connectivity index (χ0) is 11.4. The summed E-state index contributed by atoms with van der Waals surface area (Å²) < 4.78 is 16.2. The van der Waals surface area contributed by atoms with E-state index in [4.69, 9.17) is 14.2 Å². The summed E-state index contributed by atoms with van der Waals surface area (Å²) in [6.45, 7) is 9.93. The molecular weight excluding hydrogens is 192 g/mol. The van der Waals surface area contributed by atoms with E-state index < -0.39 is 0 Å². The monoisotopic (exact) mass is 218 g/mol. The van der Waals surface area contributed by atoms with Crippen LogP contribution in [0, 0.1) is 0 Å². The van der Waals surface area contributed by atoms with E-state index in [2.05, 4.69) is 20.8 Å². The molecule has 0 heterocycles. The lowest BCUT2D eigenvalue weighted by atomic mass is 10.3. The van der Waals surface area contributed by atoms with Gasteiger partial charge in [-0.05, 0) is 19.8 Å². The molecule has 1 unspecified atom stereocenters. The number of unbranched alkanes of at least 4 members (excludes halogenated alkanes) is 1. The predicted molar refractivity (Wildman–Crippen MR) is 62.3 cm³/mol. The molecule has 0 saturated carbocycles. The predicted octanol–water partition coefficient (Wildman–Crippen LogP) is 2.63. The fourth-order valence-electron chi connectivity index (χ4n) is 0.994. The fourth-order valence-corrected chi connectivity index (χ4v) is 0.994.